The summed E-state index contributed by atoms with van der Waals surface area (Å²) in [6.45, 7) is 12.1. The van der Waals surface area contributed by atoms with Crippen LogP contribution in [0.4, 0.5) is 0 Å². The minimum absolute atomic E-state index is 0.248. The summed E-state index contributed by atoms with van der Waals surface area (Å²) in [6.07, 6.45) is 4.55. The average molecular weight is 165 g/mol. The Morgan fingerprint density at radius 3 is 2.17 bits per heavy atom. The molecule has 1 heteroatoms. The Kier molecular flexibility index (Phi) is 2.31. The minimum Gasteiger partial charge on any atom is -0.369 e. The molecule has 0 aliphatic carbocycles. The molecule has 0 atom stereocenters. The summed E-state index contributed by atoms with van der Waals surface area (Å²) < 4.78 is 0. The first-order chi connectivity index (χ1) is 5.41. The zero-order chi connectivity index (χ0) is 9.35. The van der Waals surface area contributed by atoms with E-state index in [0.29, 0.717) is 0 Å². The highest BCUT2D eigenvalue weighted by Gasteiger charge is 2.19. The second-order valence-electron chi connectivity index (χ2n) is 4.52. The van der Waals surface area contributed by atoms with Crippen LogP contribution in [-0.2, 0) is 0 Å². The average Bonchev–Trinajstić information content (AvgIpc) is 1.92. The molecule has 0 spiro atoms. The molecule has 12 heavy (non-hydrogen) atoms. The Balaban J connectivity index is 2.79. The SMILES string of the molecule is CC1=CCN(C(C)(C)C)C=C1C. The van der Waals surface area contributed by atoms with Crippen molar-refractivity contribution in [2.75, 3.05) is 6.54 Å². The molecule has 0 aromatic carbocycles. The molecule has 0 unspecified atom stereocenters. The molecule has 0 aromatic rings. The largest absolute Gasteiger partial charge is 0.369 e. The van der Waals surface area contributed by atoms with E-state index in [4.69, 9.17) is 0 Å². The number of nitrogens with zero attached hydrogens (tertiary/aromatic N) is 1. The van der Waals surface area contributed by atoms with Crippen LogP contribution < -0.4 is 0 Å². The van der Waals surface area contributed by atoms with E-state index < -0.39 is 0 Å². The van der Waals surface area contributed by atoms with Gasteiger partial charge in [-0.3, -0.25) is 0 Å². The predicted molar refractivity (Wildman–Crippen MR) is 54.0 cm³/mol. The first-order valence-electron chi connectivity index (χ1n) is 4.53. The van der Waals surface area contributed by atoms with E-state index in [-0.39, 0.29) is 5.54 Å². The number of hydrogen-bond acceptors (Lipinski definition) is 1. The fourth-order valence-corrected chi connectivity index (χ4v) is 1.25. The van der Waals surface area contributed by atoms with Crippen LogP contribution in [0.25, 0.3) is 0 Å². The first kappa shape index (κ1) is 9.37. The normalized spacial score (nSPS) is 18.9. The summed E-state index contributed by atoms with van der Waals surface area (Å²) in [5.74, 6) is 0. The van der Waals surface area contributed by atoms with E-state index in [2.05, 4.69) is 51.8 Å². The highest BCUT2D eigenvalue weighted by atomic mass is 15.2. The van der Waals surface area contributed by atoms with Gasteiger partial charge in [0.25, 0.3) is 0 Å². The van der Waals surface area contributed by atoms with Crippen LogP contribution in [0, 0.1) is 0 Å². The van der Waals surface area contributed by atoms with E-state index in [9.17, 15) is 0 Å². The molecule has 1 nitrogen and oxygen atoms in total. The molecule has 0 fully saturated rings. The third-order valence-corrected chi connectivity index (χ3v) is 2.43. The fourth-order valence-electron chi connectivity index (χ4n) is 1.25. The molecule has 0 N–H and O–H groups in total. The molecule has 0 bridgehead atoms. The summed E-state index contributed by atoms with van der Waals surface area (Å²) >= 11 is 0. The highest BCUT2D eigenvalue weighted by molar-refractivity contribution is 5.30. The second kappa shape index (κ2) is 2.96. The van der Waals surface area contributed by atoms with Gasteiger partial charge in [0, 0.05) is 18.3 Å². The molecule has 1 aliphatic heterocycles. The molecule has 68 valence electrons. The number of allylic oxidation sites excluding steroid dienone is 2. The van der Waals surface area contributed by atoms with Crippen molar-refractivity contribution in [1.29, 1.82) is 0 Å². The van der Waals surface area contributed by atoms with Gasteiger partial charge in [0.05, 0.1) is 0 Å². The monoisotopic (exact) mass is 165 g/mol. The zero-order valence-corrected chi connectivity index (χ0v) is 8.81. The fraction of sp³-hybridized carbons (Fsp3) is 0.636. The quantitative estimate of drug-likeness (QED) is 0.533. The summed E-state index contributed by atoms with van der Waals surface area (Å²) in [7, 11) is 0. The molecule has 0 radical (unpaired) electrons. The third kappa shape index (κ3) is 1.90. The first-order valence-corrected chi connectivity index (χ1v) is 4.53. The van der Waals surface area contributed by atoms with Crippen molar-refractivity contribution < 1.29 is 0 Å². The standard InChI is InChI=1S/C11H19N/c1-9-6-7-12(8-10(9)2)11(3,4)5/h6,8H,7H2,1-5H3. The summed E-state index contributed by atoms with van der Waals surface area (Å²) in [4.78, 5) is 2.37. The van der Waals surface area contributed by atoms with Gasteiger partial charge in [0.2, 0.25) is 0 Å². The van der Waals surface area contributed by atoms with Crippen molar-refractivity contribution in [1.82, 2.24) is 4.90 Å². The Hall–Kier alpha value is -0.720. The van der Waals surface area contributed by atoms with E-state index in [1.54, 1.807) is 0 Å². The van der Waals surface area contributed by atoms with Crippen molar-refractivity contribution in [3.8, 4) is 0 Å². The molecular weight excluding hydrogens is 146 g/mol. The van der Waals surface area contributed by atoms with Crippen molar-refractivity contribution in [3.63, 3.8) is 0 Å². The van der Waals surface area contributed by atoms with E-state index in [0.717, 1.165) is 6.54 Å². The maximum atomic E-state index is 2.37. The lowest BCUT2D eigenvalue weighted by Gasteiger charge is -2.36. The molecule has 1 aliphatic rings. The van der Waals surface area contributed by atoms with E-state index >= 15 is 0 Å². The lowest BCUT2D eigenvalue weighted by Crippen LogP contribution is -2.38. The van der Waals surface area contributed by atoms with Crippen molar-refractivity contribution in [2.24, 2.45) is 0 Å². The van der Waals surface area contributed by atoms with Gasteiger partial charge in [0.1, 0.15) is 0 Å². The van der Waals surface area contributed by atoms with Crippen LogP contribution in [0.2, 0.25) is 0 Å². The molecule has 1 rings (SSSR count). The molecule has 1 heterocycles. The predicted octanol–water partition coefficient (Wildman–Crippen LogP) is 2.95. The van der Waals surface area contributed by atoms with Gasteiger partial charge in [-0.2, -0.15) is 0 Å². The smallest absolute Gasteiger partial charge is 0.0365 e. The Bertz CT molecular complexity index is 228. The minimum atomic E-state index is 0.248. The van der Waals surface area contributed by atoms with Gasteiger partial charge in [-0.1, -0.05) is 6.08 Å². The van der Waals surface area contributed by atoms with Crippen LogP contribution in [-0.4, -0.2) is 17.0 Å². The lowest BCUT2D eigenvalue weighted by molar-refractivity contribution is 0.222. The molecule has 0 amide bonds. The van der Waals surface area contributed by atoms with Gasteiger partial charge in [0.15, 0.2) is 0 Å². The maximum absolute atomic E-state index is 2.37. The van der Waals surface area contributed by atoms with Gasteiger partial charge >= 0.3 is 0 Å². The summed E-state index contributed by atoms with van der Waals surface area (Å²) in [5.41, 5.74) is 3.05. The highest BCUT2D eigenvalue weighted by Crippen LogP contribution is 2.21. The van der Waals surface area contributed by atoms with Crippen LogP contribution in [0.3, 0.4) is 0 Å². The van der Waals surface area contributed by atoms with Gasteiger partial charge in [-0.05, 0) is 45.8 Å². The molecular formula is C11H19N. The topological polar surface area (TPSA) is 3.24 Å². The third-order valence-electron chi connectivity index (χ3n) is 2.43. The van der Waals surface area contributed by atoms with E-state index in [1.165, 1.54) is 11.1 Å². The summed E-state index contributed by atoms with van der Waals surface area (Å²) in [6, 6.07) is 0. The van der Waals surface area contributed by atoms with Gasteiger partial charge < -0.3 is 4.90 Å². The second-order valence-corrected chi connectivity index (χ2v) is 4.52. The lowest BCUT2D eigenvalue weighted by atomic mass is 10.0. The van der Waals surface area contributed by atoms with Crippen molar-refractivity contribution in [3.05, 3.63) is 23.4 Å². The van der Waals surface area contributed by atoms with Gasteiger partial charge in [-0.15, -0.1) is 0 Å². The number of rotatable bonds is 0. The van der Waals surface area contributed by atoms with Crippen molar-refractivity contribution >= 4 is 0 Å². The summed E-state index contributed by atoms with van der Waals surface area (Å²) in [5, 5.41) is 0. The Morgan fingerprint density at radius 2 is 1.75 bits per heavy atom. The molecule has 0 saturated heterocycles. The van der Waals surface area contributed by atoms with Crippen LogP contribution >= 0.6 is 0 Å². The molecule has 0 saturated carbocycles. The van der Waals surface area contributed by atoms with Crippen LogP contribution in [0.15, 0.2) is 23.4 Å². The van der Waals surface area contributed by atoms with Crippen molar-refractivity contribution in [2.45, 2.75) is 40.2 Å². The number of hydrogen-bond donors (Lipinski definition) is 0. The Labute approximate surface area is 75.8 Å². The van der Waals surface area contributed by atoms with Gasteiger partial charge in [-0.25, -0.2) is 0 Å². The van der Waals surface area contributed by atoms with E-state index in [1.807, 2.05) is 0 Å². The Morgan fingerprint density at radius 1 is 1.17 bits per heavy atom. The maximum Gasteiger partial charge on any atom is 0.0365 e. The molecule has 0 aromatic heterocycles. The van der Waals surface area contributed by atoms with Crippen LogP contribution in [0.1, 0.15) is 34.6 Å². The van der Waals surface area contributed by atoms with Crippen LogP contribution in [0.5, 0.6) is 0 Å². The zero-order valence-electron chi connectivity index (χ0n) is 8.81.